The topological polar surface area (TPSA) is 17.1 Å². The van der Waals surface area contributed by atoms with Crippen molar-refractivity contribution in [2.45, 2.75) is 50.9 Å². The minimum atomic E-state index is -0.759. The Morgan fingerprint density at radius 3 is 2.64 bits per heavy atom. The lowest BCUT2D eigenvalue weighted by molar-refractivity contribution is -0.109. The molecule has 5 atom stereocenters. The maximum absolute atomic E-state index is 13.5. The van der Waals surface area contributed by atoms with Crippen LogP contribution in [0.2, 0.25) is 0 Å². The van der Waals surface area contributed by atoms with Crippen LogP contribution in [0, 0.1) is 34.8 Å². The average Bonchev–Trinajstić information content (AvgIpc) is 3.22. The molecule has 1 spiro atoms. The summed E-state index contributed by atoms with van der Waals surface area (Å²) in [4.78, 5) is 11.0. The number of aldehydes is 1. The summed E-state index contributed by atoms with van der Waals surface area (Å²) >= 11 is 0. The van der Waals surface area contributed by atoms with Gasteiger partial charge in [-0.05, 0) is 85.8 Å². The number of benzene rings is 1. The Morgan fingerprint density at radius 1 is 1.05 bits per heavy atom. The van der Waals surface area contributed by atoms with Gasteiger partial charge < -0.3 is 4.79 Å². The first-order valence-electron chi connectivity index (χ1n) is 8.51. The molecule has 3 saturated carbocycles. The first kappa shape index (κ1) is 14.3. The largest absolute Gasteiger partial charge is 0.303 e. The van der Waals surface area contributed by atoms with E-state index in [0.717, 1.165) is 37.0 Å². The second-order valence-corrected chi connectivity index (χ2v) is 7.76. The Morgan fingerprint density at radius 2 is 1.91 bits per heavy atom. The van der Waals surface area contributed by atoms with E-state index in [0.29, 0.717) is 23.2 Å². The Labute approximate surface area is 130 Å². The van der Waals surface area contributed by atoms with Crippen LogP contribution in [0.5, 0.6) is 0 Å². The summed E-state index contributed by atoms with van der Waals surface area (Å²) in [6.07, 6.45) is 9.19. The van der Waals surface area contributed by atoms with E-state index in [9.17, 15) is 13.6 Å². The van der Waals surface area contributed by atoms with E-state index in [4.69, 9.17) is 0 Å². The van der Waals surface area contributed by atoms with Crippen molar-refractivity contribution in [1.82, 2.24) is 0 Å². The van der Waals surface area contributed by atoms with Gasteiger partial charge in [0, 0.05) is 5.92 Å². The standard InChI is InChI=1S/C19H22F2O/c20-17-4-3-13(8-18(17)21)12-1-2-15-9-19(10-16(19)11-22)6-5-14(15)7-12/h3-4,8,11-12,14-16H,1-2,5-7,9-10H2. The van der Waals surface area contributed by atoms with Crippen LogP contribution in [0.25, 0.3) is 0 Å². The molecule has 3 aliphatic carbocycles. The van der Waals surface area contributed by atoms with Crippen molar-refractivity contribution in [3.05, 3.63) is 35.4 Å². The summed E-state index contributed by atoms with van der Waals surface area (Å²) in [6.45, 7) is 0. The SMILES string of the molecule is O=CC1CC12CCC1CC(c3ccc(F)c(F)c3)CCC1C2. The molecule has 0 saturated heterocycles. The summed E-state index contributed by atoms with van der Waals surface area (Å²) in [6, 6.07) is 4.39. The molecule has 0 aliphatic heterocycles. The van der Waals surface area contributed by atoms with Gasteiger partial charge >= 0.3 is 0 Å². The molecule has 22 heavy (non-hydrogen) atoms. The van der Waals surface area contributed by atoms with Gasteiger partial charge in [-0.15, -0.1) is 0 Å². The van der Waals surface area contributed by atoms with Crippen molar-refractivity contribution in [3.8, 4) is 0 Å². The number of hydrogen-bond donors (Lipinski definition) is 0. The molecule has 3 fully saturated rings. The molecule has 1 nitrogen and oxygen atoms in total. The average molecular weight is 304 g/mol. The van der Waals surface area contributed by atoms with Crippen LogP contribution in [0.15, 0.2) is 18.2 Å². The summed E-state index contributed by atoms with van der Waals surface area (Å²) in [5.74, 6) is 0.634. The highest BCUT2D eigenvalue weighted by atomic mass is 19.2. The van der Waals surface area contributed by atoms with Crippen molar-refractivity contribution < 1.29 is 13.6 Å². The van der Waals surface area contributed by atoms with Gasteiger partial charge in [0.2, 0.25) is 0 Å². The van der Waals surface area contributed by atoms with E-state index >= 15 is 0 Å². The highest BCUT2D eigenvalue weighted by Crippen LogP contribution is 2.64. The quantitative estimate of drug-likeness (QED) is 0.714. The van der Waals surface area contributed by atoms with Crippen molar-refractivity contribution in [3.63, 3.8) is 0 Å². The fraction of sp³-hybridized carbons (Fsp3) is 0.632. The number of rotatable bonds is 2. The molecule has 4 rings (SSSR count). The number of hydrogen-bond acceptors (Lipinski definition) is 1. The van der Waals surface area contributed by atoms with Gasteiger partial charge in [0.05, 0.1) is 0 Å². The number of fused-ring (bicyclic) bond motifs is 1. The molecular weight excluding hydrogens is 282 g/mol. The predicted molar refractivity (Wildman–Crippen MR) is 80.4 cm³/mol. The summed E-state index contributed by atoms with van der Waals surface area (Å²) in [7, 11) is 0. The number of carbonyl (C=O) groups excluding carboxylic acids is 1. The Kier molecular flexibility index (Phi) is 3.35. The van der Waals surface area contributed by atoms with Crippen molar-refractivity contribution >= 4 is 6.29 Å². The third-order valence-electron chi connectivity index (χ3n) is 6.65. The maximum Gasteiger partial charge on any atom is 0.159 e. The predicted octanol–water partition coefficient (Wildman–Crippen LogP) is 4.85. The van der Waals surface area contributed by atoms with E-state index in [-0.39, 0.29) is 0 Å². The first-order chi connectivity index (χ1) is 10.6. The van der Waals surface area contributed by atoms with Gasteiger partial charge in [0.15, 0.2) is 11.6 Å². The van der Waals surface area contributed by atoms with E-state index in [1.54, 1.807) is 6.07 Å². The fourth-order valence-electron chi connectivity index (χ4n) is 5.21. The van der Waals surface area contributed by atoms with E-state index in [1.165, 1.54) is 37.8 Å². The van der Waals surface area contributed by atoms with Gasteiger partial charge in [0.25, 0.3) is 0 Å². The van der Waals surface area contributed by atoms with Gasteiger partial charge in [-0.25, -0.2) is 8.78 Å². The zero-order chi connectivity index (χ0) is 15.3. The molecule has 0 radical (unpaired) electrons. The lowest BCUT2D eigenvalue weighted by Crippen LogP contribution is -2.32. The van der Waals surface area contributed by atoms with Crippen LogP contribution in [-0.2, 0) is 4.79 Å². The number of halogens is 2. The molecule has 1 aromatic rings. The molecule has 118 valence electrons. The normalized spacial score (nSPS) is 40.3. The second kappa shape index (κ2) is 5.14. The third-order valence-corrected chi connectivity index (χ3v) is 6.65. The fourth-order valence-corrected chi connectivity index (χ4v) is 5.21. The third kappa shape index (κ3) is 2.29. The molecule has 0 amide bonds. The molecule has 0 N–H and O–H groups in total. The Balaban J connectivity index is 1.45. The van der Waals surface area contributed by atoms with Gasteiger partial charge in [0.1, 0.15) is 6.29 Å². The molecule has 0 bridgehead atoms. The van der Waals surface area contributed by atoms with E-state index in [1.807, 2.05) is 0 Å². The lowest BCUT2D eigenvalue weighted by atomic mass is 9.62. The van der Waals surface area contributed by atoms with Crippen LogP contribution < -0.4 is 0 Å². The highest BCUT2D eigenvalue weighted by Gasteiger charge is 2.57. The minimum Gasteiger partial charge on any atom is -0.303 e. The first-order valence-corrected chi connectivity index (χ1v) is 8.51. The van der Waals surface area contributed by atoms with E-state index in [2.05, 4.69) is 0 Å². The smallest absolute Gasteiger partial charge is 0.159 e. The minimum absolute atomic E-state index is 0.317. The second-order valence-electron chi connectivity index (χ2n) is 7.76. The van der Waals surface area contributed by atoms with Gasteiger partial charge in [-0.2, -0.15) is 0 Å². The number of carbonyl (C=O) groups is 1. The summed E-state index contributed by atoms with van der Waals surface area (Å²) < 4.78 is 26.5. The molecule has 1 aromatic carbocycles. The monoisotopic (exact) mass is 304 g/mol. The van der Waals surface area contributed by atoms with Crippen molar-refractivity contribution in [2.24, 2.45) is 23.2 Å². The van der Waals surface area contributed by atoms with Crippen LogP contribution in [-0.4, -0.2) is 6.29 Å². The molecule has 0 heterocycles. The lowest BCUT2D eigenvalue weighted by Gasteiger charge is -2.43. The van der Waals surface area contributed by atoms with Crippen LogP contribution >= 0.6 is 0 Å². The summed E-state index contributed by atoms with van der Waals surface area (Å²) in [5, 5.41) is 0. The van der Waals surface area contributed by atoms with Crippen LogP contribution in [0.4, 0.5) is 8.78 Å². The zero-order valence-electron chi connectivity index (χ0n) is 12.7. The Hall–Kier alpha value is -1.25. The zero-order valence-corrected chi connectivity index (χ0v) is 12.7. The van der Waals surface area contributed by atoms with Gasteiger partial charge in [-0.1, -0.05) is 6.07 Å². The van der Waals surface area contributed by atoms with Crippen LogP contribution in [0.1, 0.15) is 56.4 Å². The molecular formula is C19H22F2O. The van der Waals surface area contributed by atoms with Crippen LogP contribution in [0.3, 0.4) is 0 Å². The summed E-state index contributed by atoms with van der Waals surface area (Å²) in [5.41, 5.74) is 1.30. The molecule has 3 heteroatoms. The molecule has 3 aliphatic rings. The van der Waals surface area contributed by atoms with E-state index < -0.39 is 11.6 Å². The maximum atomic E-state index is 13.5. The van der Waals surface area contributed by atoms with Crippen molar-refractivity contribution in [1.29, 1.82) is 0 Å². The van der Waals surface area contributed by atoms with Crippen molar-refractivity contribution in [2.75, 3.05) is 0 Å². The Bertz CT molecular complexity index is 599. The molecule has 5 unspecified atom stereocenters. The van der Waals surface area contributed by atoms with Gasteiger partial charge in [-0.3, -0.25) is 0 Å². The molecule has 0 aromatic heterocycles. The highest BCUT2D eigenvalue weighted by molar-refractivity contribution is 5.60.